The summed E-state index contributed by atoms with van der Waals surface area (Å²) in [6, 6.07) is 13.2. The lowest BCUT2D eigenvalue weighted by Crippen LogP contribution is -2.32. The number of anilines is 1. The Morgan fingerprint density at radius 2 is 1.89 bits per heavy atom. The summed E-state index contributed by atoms with van der Waals surface area (Å²) in [7, 11) is 1.58. The van der Waals surface area contributed by atoms with Gasteiger partial charge in [0.2, 0.25) is 5.91 Å². The van der Waals surface area contributed by atoms with Crippen molar-refractivity contribution in [3.05, 3.63) is 54.1 Å². The van der Waals surface area contributed by atoms with Gasteiger partial charge in [0.25, 0.3) is 0 Å². The third-order valence-corrected chi connectivity index (χ3v) is 5.00. The molecule has 0 radical (unpaired) electrons. The molecule has 1 amide bonds. The van der Waals surface area contributed by atoms with Crippen LogP contribution in [0.3, 0.4) is 0 Å². The van der Waals surface area contributed by atoms with E-state index in [1.807, 2.05) is 0 Å². The first-order chi connectivity index (χ1) is 13.5. The van der Waals surface area contributed by atoms with Crippen molar-refractivity contribution < 1.29 is 24.5 Å². The summed E-state index contributed by atoms with van der Waals surface area (Å²) in [5.41, 5.74) is 1.26. The van der Waals surface area contributed by atoms with Gasteiger partial charge in [0, 0.05) is 0 Å². The molecule has 28 heavy (non-hydrogen) atoms. The minimum atomic E-state index is -1.07. The van der Waals surface area contributed by atoms with Crippen LogP contribution < -0.4 is 9.64 Å². The lowest BCUT2D eigenvalue weighted by Gasteiger charge is -2.15. The van der Waals surface area contributed by atoms with E-state index < -0.39 is 17.1 Å². The van der Waals surface area contributed by atoms with Crippen molar-refractivity contribution in [1.82, 2.24) is 0 Å². The van der Waals surface area contributed by atoms with Crippen LogP contribution in [0, 0.1) is 0 Å². The molecule has 1 heterocycles. The molecule has 1 saturated heterocycles. The molecule has 2 N–H and O–H groups in total. The maximum Gasteiger partial charge on any atom is 0.305 e. The van der Waals surface area contributed by atoms with Crippen LogP contribution in [0.5, 0.6) is 11.5 Å². The summed E-state index contributed by atoms with van der Waals surface area (Å²) >= 11 is 1.04. The molecule has 0 bridgehead atoms. The van der Waals surface area contributed by atoms with Crippen LogP contribution >= 0.6 is 11.8 Å². The van der Waals surface area contributed by atoms with Crippen LogP contribution in [0.4, 0.5) is 5.69 Å². The average Bonchev–Trinajstić information content (AvgIpc) is 2.98. The van der Waals surface area contributed by atoms with Crippen molar-refractivity contribution in [1.29, 1.82) is 0 Å². The van der Waals surface area contributed by atoms with Gasteiger partial charge in [-0.05, 0) is 54.1 Å². The molecule has 0 saturated carbocycles. The van der Waals surface area contributed by atoms with Crippen LogP contribution in [0.1, 0.15) is 12.0 Å². The highest BCUT2D eigenvalue weighted by Gasteiger charge is 2.40. The number of benzene rings is 2. The second-order valence-electron chi connectivity index (χ2n) is 5.79. The van der Waals surface area contributed by atoms with Crippen molar-refractivity contribution in [2.24, 2.45) is 10.2 Å². The lowest BCUT2D eigenvalue weighted by molar-refractivity contribution is -0.138. The highest BCUT2D eigenvalue weighted by Crippen LogP contribution is 2.34. The number of hydrogen-bond acceptors (Lipinski definition) is 7. The molecule has 1 atom stereocenters. The highest BCUT2D eigenvalue weighted by atomic mass is 32.2. The molecule has 1 unspecified atom stereocenters. The number of hydrogen-bond donors (Lipinski definition) is 2. The maximum absolute atomic E-state index is 12.7. The minimum Gasteiger partial charge on any atom is -0.508 e. The van der Waals surface area contributed by atoms with Crippen LogP contribution in [0.15, 0.2) is 58.7 Å². The van der Waals surface area contributed by atoms with Gasteiger partial charge in [0.1, 0.15) is 16.7 Å². The number of carboxylic acids is 1. The van der Waals surface area contributed by atoms with Crippen LogP contribution in [0.2, 0.25) is 0 Å². The number of ether oxygens (including phenoxy) is 1. The fraction of sp³-hybridized carbons (Fsp3) is 0.158. The Labute approximate surface area is 165 Å². The number of carbonyl (C=O) groups excluding carboxylic acids is 1. The summed E-state index contributed by atoms with van der Waals surface area (Å²) in [6.45, 7) is 0. The van der Waals surface area contributed by atoms with Crippen molar-refractivity contribution in [3.63, 3.8) is 0 Å². The standard InChI is InChI=1S/C19H17N3O5S/c1-27-15-8-2-12(3-9-15)11-20-21-19-22(13-4-6-14(23)7-5-13)18(26)16(28-19)10-17(24)25/h2-9,11,16,23H,10H2,1H3,(H,24,25)/b20-11+,21-19+. The SMILES string of the molecule is COc1ccc(/C=N/N=C2/SC(CC(=O)O)C(=O)N2c2ccc(O)cc2)cc1. The number of methoxy groups -OCH3 is 1. The summed E-state index contributed by atoms with van der Waals surface area (Å²) in [4.78, 5) is 25.0. The van der Waals surface area contributed by atoms with E-state index in [2.05, 4.69) is 10.2 Å². The fourth-order valence-electron chi connectivity index (χ4n) is 2.50. The van der Waals surface area contributed by atoms with Gasteiger partial charge < -0.3 is 14.9 Å². The number of thioether (sulfide) groups is 1. The maximum atomic E-state index is 12.7. The van der Waals surface area contributed by atoms with Gasteiger partial charge in [-0.3, -0.25) is 14.5 Å². The predicted molar refractivity (Wildman–Crippen MR) is 107 cm³/mol. The second kappa shape index (κ2) is 8.57. The van der Waals surface area contributed by atoms with Crippen LogP contribution in [-0.2, 0) is 9.59 Å². The first-order valence-electron chi connectivity index (χ1n) is 8.24. The molecule has 1 aliphatic heterocycles. The van der Waals surface area contributed by atoms with Crippen LogP contribution in [-0.4, -0.2) is 45.8 Å². The fourth-order valence-corrected chi connectivity index (χ4v) is 3.58. The Bertz CT molecular complexity index is 926. The van der Waals surface area contributed by atoms with Gasteiger partial charge in [-0.25, -0.2) is 0 Å². The van der Waals surface area contributed by atoms with Gasteiger partial charge in [-0.15, -0.1) is 5.10 Å². The predicted octanol–water partition coefficient (Wildman–Crippen LogP) is 2.71. The van der Waals surface area contributed by atoms with Gasteiger partial charge in [0.15, 0.2) is 5.17 Å². The van der Waals surface area contributed by atoms with Gasteiger partial charge >= 0.3 is 5.97 Å². The van der Waals surface area contributed by atoms with Gasteiger partial charge in [-0.2, -0.15) is 5.10 Å². The number of amidine groups is 1. The lowest BCUT2D eigenvalue weighted by atomic mass is 10.2. The number of carbonyl (C=O) groups is 2. The van der Waals surface area contributed by atoms with Gasteiger partial charge in [0.05, 0.1) is 25.4 Å². The molecular weight excluding hydrogens is 382 g/mol. The molecule has 3 rings (SSSR count). The topological polar surface area (TPSA) is 112 Å². The largest absolute Gasteiger partial charge is 0.508 e. The zero-order valence-corrected chi connectivity index (χ0v) is 15.7. The zero-order valence-electron chi connectivity index (χ0n) is 14.8. The Morgan fingerprint density at radius 1 is 1.21 bits per heavy atom. The number of amides is 1. The van der Waals surface area contributed by atoms with E-state index in [0.717, 1.165) is 23.1 Å². The van der Waals surface area contributed by atoms with Crippen molar-refractivity contribution >= 4 is 40.7 Å². The summed E-state index contributed by atoms with van der Waals surface area (Å²) in [5, 5.41) is 26.1. The molecule has 0 spiro atoms. The van der Waals surface area contributed by atoms with E-state index in [-0.39, 0.29) is 17.3 Å². The molecule has 1 aliphatic rings. The first kappa shape index (κ1) is 19.4. The van der Waals surface area contributed by atoms with Crippen molar-refractivity contribution in [2.45, 2.75) is 11.7 Å². The molecule has 1 fully saturated rings. The summed E-state index contributed by atoms with van der Waals surface area (Å²) < 4.78 is 5.10. The third kappa shape index (κ3) is 4.49. The number of carboxylic acid groups (broad SMARTS) is 1. The third-order valence-electron chi connectivity index (χ3n) is 3.87. The smallest absolute Gasteiger partial charge is 0.305 e. The molecule has 144 valence electrons. The second-order valence-corrected chi connectivity index (χ2v) is 6.96. The van der Waals surface area contributed by atoms with E-state index in [0.29, 0.717) is 5.69 Å². The average molecular weight is 399 g/mol. The number of rotatable bonds is 6. The normalized spacial score (nSPS) is 18.2. The van der Waals surface area contributed by atoms with Crippen molar-refractivity contribution in [3.8, 4) is 11.5 Å². The van der Waals surface area contributed by atoms with E-state index in [1.165, 1.54) is 23.2 Å². The number of phenolic OH excluding ortho intramolecular Hbond substituents is 1. The van der Waals surface area contributed by atoms with E-state index in [9.17, 15) is 14.7 Å². The molecule has 9 heteroatoms. The number of aromatic hydroxyl groups is 1. The number of nitrogens with zero attached hydrogens (tertiary/aromatic N) is 3. The minimum absolute atomic E-state index is 0.0566. The van der Waals surface area contributed by atoms with Gasteiger partial charge in [-0.1, -0.05) is 11.8 Å². The Hall–Kier alpha value is -3.33. The Kier molecular flexibility index (Phi) is 5.95. The molecule has 0 aromatic heterocycles. The summed E-state index contributed by atoms with van der Waals surface area (Å²) in [5.74, 6) is -0.687. The van der Waals surface area contributed by atoms with Crippen molar-refractivity contribution in [2.75, 3.05) is 12.0 Å². The molecule has 0 aliphatic carbocycles. The molecule has 8 nitrogen and oxygen atoms in total. The number of phenols is 1. The highest BCUT2D eigenvalue weighted by molar-refractivity contribution is 8.16. The van der Waals surface area contributed by atoms with E-state index in [1.54, 1.807) is 43.5 Å². The zero-order chi connectivity index (χ0) is 20.1. The quantitative estimate of drug-likeness (QED) is 0.571. The Balaban J connectivity index is 1.86. The molecule has 2 aromatic rings. The van der Waals surface area contributed by atoms with E-state index >= 15 is 0 Å². The molecular formula is C19H17N3O5S. The number of aliphatic carboxylic acids is 1. The van der Waals surface area contributed by atoms with Crippen LogP contribution in [0.25, 0.3) is 0 Å². The monoisotopic (exact) mass is 399 g/mol. The molecule has 2 aromatic carbocycles. The Morgan fingerprint density at radius 3 is 2.50 bits per heavy atom. The van der Waals surface area contributed by atoms with E-state index in [4.69, 9.17) is 9.84 Å². The first-order valence-corrected chi connectivity index (χ1v) is 9.12. The summed E-state index contributed by atoms with van der Waals surface area (Å²) in [6.07, 6.45) is 1.20.